The molecule has 0 saturated carbocycles. The maximum atomic E-state index is 12.5. The van der Waals surface area contributed by atoms with Gasteiger partial charge in [-0.3, -0.25) is 14.5 Å². The monoisotopic (exact) mass is 403 g/mol. The van der Waals surface area contributed by atoms with Gasteiger partial charge in [0.05, 0.1) is 18.2 Å². The minimum Gasteiger partial charge on any atom is -0.353 e. The molecule has 1 aliphatic rings. The highest BCUT2D eigenvalue weighted by Crippen LogP contribution is 2.14. The summed E-state index contributed by atoms with van der Waals surface area (Å²) in [5.41, 5.74) is 3.09. The van der Waals surface area contributed by atoms with E-state index >= 15 is 0 Å². The van der Waals surface area contributed by atoms with Gasteiger partial charge < -0.3 is 10.6 Å². The highest BCUT2D eigenvalue weighted by molar-refractivity contribution is 5.88. The number of aromatic nitrogens is 2. The summed E-state index contributed by atoms with van der Waals surface area (Å²) in [4.78, 5) is 27.0. The Balaban J connectivity index is 1.33. The van der Waals surface area contributed by atoms with Crippen LogP contribution in [0.15, 0.2) is 73.1 Å². The molecule has 2 amide bonds. The van der Waals surface area contributed by atoms with Crippen molar-refractivity contribution in [1.82, 2.24) is 25.3 Å². The maximum Gasteiger partial charge on any atom is 0.237 e. The van der Waals surface area contributed by atoms with Crippen LogP contribution in [0.25, 0.3) is 5.69 Å². The topological polar surface area (TPSA) is 79.3 Å². The third-order valence-electron chi connectivity index (χ3n) is 5.24. The second-order valence-corrected chi connectivity index (χ2v) is 7.36. The highest BCUT2D eigenvalue weighted by atomic mass is 16.2. The van der Waals surface area contributed by atoms with Crippen LogP contribution >= 0.6 is 0 Å². The van der Waals surface area contributed by atoms with Crippen LogP contribution in [0.4, 0.5) is 0 Å². The molecule has 2 heterocycles. The molecule has 1 atom stereocenters. The van der Waals surface area contributed by atoms with Crippen LogP contribution in [-0.4, -0.2) is 45.6 Å². The molecule has 1 fully saturated rings. The van der Waals surface area contributed by atoms with Crippen molar-refractivity contribution in [1.29, 1.82) is 0 Å². The Labute approximate surface area is 175 Å². The van der Waals surface area contributed by atoms with Gasteiger partial charge in [0, 0.05) is 38.6 Å². The molecule has 1 unspecified atom stereocenters. The molecule has 0 bridgehead atoms. The number of benzene rings is 2. The molecule has 4 rings (SSSR count). The first-order valence-corrected chi connectivity index (χ1v) is 10.1. The van der Waals surface area contributed by atoms with E-state index < -0.39 is 6.04 Å². The van der Waals surface area contributed by atoms with Gasteiger partial charge in [-0.1, -0.05) is 42.5 Å². The molecule has 3 aromatic rings. The molecular formula is C23H25N5O2. The SMILES string of the molecule is O=C(CC1C(=O)NCCN1Cc1ccccc1)NCc1ccc(-n2cccn2)cc1. The lowest BCUT2D eigenvalue weighted by atomic mass is 10.1. The first-order valence-electron chi connectivity index (χ1n) is 10.1. The summed E-state index contributed by atoms with van der Waals surface area (Å²) < 4.78 is 1.78. The van der Waals surface area contributed by atoms with Gasteiger partial charge in [0.15, 0.2) is 0 Å². The number of amides is 2. The number of nitrogens with zero attached hydrogens (tertiary/aromatic N) is 3. The van der Waals surface area contributed by atoms with E-state index in [1.165, 1.54) is 0 Å². The Morgan fingerprint density at radius 1 is 1.07 bits per heavy atom. The predicted octanol–water partition coefficient (Wildman–Crippen LogP) is 1.88. The van der Waals surface area contributed by atoms with Crippen molar-refractivity contribution < 1.29 is 9.59 Å². The van der Waals surface area contributed by atoms with Gasteiger partial charge in [-0.2, -0.15) is 5.10 Å². The predicted molar refractivity (Wildman–Crippen MR) is 114 cm³/mol. The first kappa shape index (κ1) is 19.8. The second kappa shape index (κ2) is 9.37. The van der Waals surface area contributed by atoms with E-state index in [0.29, 0.717) is 19.6 Å². The summed E-state index contributed by atoms with van der Waals surface area (Å²) in [5.74, 6) is -0.220. The molecule has 0 aliphatic carbocycles. The summed E-state index contributed by atoms with van der Waals surface area (Å²) in [6.45, 7) is 2.41. The van der Waals surface area contributed by atoms with Gasteiger partial charge in [0.25, 0.3) is 0 Å². The minimum absolute atomic E-state index is 0.0871. The van der Waals surface area contributed by atoms with E-state index in [0.717, 1.165) is 23.4 Å². The van der Waals surface area contributed by atoms with Crippen molar-refractivity contribution in [3.63, 3.8) is 0 Å². The number of rotatable bonds is 7. The average Bonchev–Trinajstić information content (AvgIpc) is 3.31. The fourth-order valence-corrected chi connectivity index (χ4v) is 3.63. The zero-order valence-electron chi connectivity index (χ0n) is 16.7. The summed E-state index contributed by atoms with van der Waals surface area (Å²) in [7, 11) is 0. The number of carbonyl (C=O) groups excluding carboxylic acids is 2. The van der Waals surface area contributed by atoms with E-state index in [1.807, 2.05) is 66.9 Å². The molecule has 1 saturated heterocycles. The normalized spacial score (nSPS) is 16.8. The highest BCUT2D eigenvalue weighted by Gasteiger charge is 2.31. The lowest BCUT2D eigenvalue weighted by Crippen LogP contribution is -2.56. The number of hydrogen-bond acceptors (Lipinski definition) is 4. The van der Waals surface area contributed by atoms with Crippen molar-refractivity contribution in [2.75, 3.05) is 13.1 Å². The van der Waals surface area contributed by atoms with Gasteiger partial charge >= 0.3 is 0 Å². The van der Waals surface area contributed by atoms with E-state index in [4.69, 9.17) is 0 Å². The minimum atomic E-state index is -0.457. The molecule has 2 aromatic carbocycles. The van der Waals surface area contributed by atoms with E-state index in [9.17, 15) is 9.59 Å². The van der Waals surface area contributed by atoms with Crippen LogP contribution < -0.4 is 10.6 Å². The Morgan fingerprint density at radius 2 is 1.87 bits per heavy atom. The lowest BCUT2D eigenvalue weighted by molar-refractivity contribution is -0.134. The van der Waals surface area contributed by atoms with Crippen LogP contribution in [-0.2, 0) is 22.7 Å². The molecule has 30 heavy (non-hydrogen) atoms. The van der Waals surface area contributed by atoms with Crippen molar-refractivity contribution in [3.05, 3.63) is 84.2 Å². The number of carbonyl (C=O) groups is 2. The largest absolute Gasteiger partial charge is 0.353 e. The second-order valence-electron chi connectivity index (χ2n) is 7.36. The molecule has 1 aromatic heterocycles. The van der Waals surface area contributed by atoms with Crippen LogP contribution in [0.3, 0.4) is 0 Å². The Hall–Kier alpha value is -3.45. The fourth-order valence-electron chi connectivity index (χ4n) is 3.63. The average molecular weight is 403 g/mol. The van der Waals surface area contributed by atoms with Crippen molar-refractivity contribution in [2.45, 2.75) is 25.6 Å². The summed E-state index contributed by atoms with van der Waals surface area (Å²) in [6.07, 6.45) is 3.76. The van der Waals surface area contributed by atoms with Gasteiger partial charge in [0.1, 0.15) is 0 Å². The van der Waals surface area contributed by atoms with Crippen molar-refractivity contribution in [3.8, 4) is 5.69 Å². The van der Waals surface area contributed by atoms with Gasteiger partial charge in [-0.05, 0) is 29.3 Å². The van der Waals surface area contributed by atoms with Crippen LogP contribution in [0.5, 0.6) is 0 Å². The molecule has 7 heteroatoms. The third kappa shape index (κ3) is 4.93. The van der Waals surface area contributed by atoms with Gasteiger partial charge in [0.2, 0.25) is 11.8 Å². The van der Waals surface area contributed by atoms with E-state index in [-0.39, 0.29) is 18.2 Å². The Bertz CT molecular complexity index is 971. The molecule has 7 nitrogen and oxygen atoms in total. The zero-order chi connectivity index (χ0) is 20.8. The number of nitrogens with one attached hydrogen (secondary N) is 2. The van der Waals surface area contributed by atoms with Gasteiger partial charge in [-0.25, -0.2) is 4.68 Å². The summed E-state index contributed by atoms with van der Waals surface area (Å²) in [6, 6.07) is 19.3. The van der Waals surface area contributed by atoms with Crippen LogP contribution in [0.2, 0.25) is 0 Å². The smallest absolute Gasteiger partial charge is 0.237 e. The summed E-state index contributed by atoms with van der Waals surface area (Å²) in [5, 5.41) is 10.0. The third-order valence-corrected chi connectivity index (χ3v) is 5.24. The summed E-state index contributed by atoms with van der Waals surface area (Å²) >= 11 is 0. The van der Waals surface area contributed by atoms with Crippen LogP contribution in [0.1, 0.15) is 17.5 Å². The zero-order valence-corrected chi connectivity index (χ0v) is 16.7. The molecule has 1 aliphatic heterocycles. The van der Waals surface area contributed by atoms with E-state index in [1.54, 1.807) is 10.9 Å². The Kier molecular flexibility index (Phi) is 6.20. The molecule has 2 N–H and O–H groups in total. The Morgan fingerprint density at radius 3 is 2.60 bits per heavy atom. The first-order chi connectivity index (χ1) is 14.7. The molecule has 154 valence electrons. The molecule has 0 radical (unpaired) electrons. The van der Waals surface area contributed by atoms with Gasteiger partial charge in [-0.15, -0.1) is 0 Å². The lowest BCUT2D eigenvalue weighted by Gasteiger charge is -2.34. The number of hydrogen-bond donors (Lipinski definition) is 2. The number of piperazine rings is 1. The van der Waals surface area contributed by atoms with Crippen molar-refractivity contribution >= 4 is 11.8 Å². The molecular weight excluding hydrogens is 378 g/mol. The fraction of sp³-hybridized carbons (Fsp3) is 0.261. The standard InChI is InChI=1S/C23H25N5O2/c29-22(25-16-18-7-9-20(10-8-18)28-13-4-11-26-28)15-21-23(30)24-12-14-27(21)17-19-5-2-1-3-6-19/h1-11,13,21H,12,14-17H2,(H,24,30)(H,25,29). The maximum absolute atomic E-state index is 12.5. The quantitative estimate of drug-likeness (QED) is 0.631. The van der Waals surface area contributed by atoms with Crippen LogP contribution in [0, 0.1) is 0 Å². The van der Waals surface area contributed by atoms with Crippen molar-refractivity contribution in [2.24, 2.45) is 0 Å². The molecule has 0 spiro atoms. The van der Waals surface area contributed by atoms with E-state index in [2.05, 4.69) is 20.6 Å².